The summed E-state index contributed by atoms with van der Waals surface area (Å²) in [5.41, 5.74) is 4.10. The van der Waals surface area contributed by atoms with Gasteiger partial charge in [0.2, 0.25) is 5.91 Å². The van der Waals surface area contributed by atoms with E-state index in [0.717, 1.165) is 6.07 Å². The number of halogens is 1. The number of carbonyl (C=O) groups is 2. The molecule has 0 bridgehead atoms. The average Bonchev–Trinajstić information content (AvgIpc) is 3.11. The Balaban J connectivity index is 1.87. The number of nitrogens with one attached hydrogen (secondary N) is 3. The molecule has 0 saturated carbocycles. The fraction of sp³-hybridized carbons (Fsp3) is 0. The van der Waals surface area contributed by atoms with Crippen molar-refractivity contribution >= 4 is 52.5 Å². The molecule has 0 fully saturated rings. The van der Waals surface area contributed by atoms with E-state index in [1.165, 1.54) is 30.5 Å². The lowest BCUT2D eigenvalue weighted by molar-refractivity contribution is -0.384. The Bertz CT molecular complexity index is 882. The molecule has 26 heavy (non-hydrogen) atoms. The molecule has 2 amide bonds. The summed E-state index contributed by atoms with van der Waals surface area (Å²) in [4.78, 5) is 33.7. The molecule has 0 aliphatic rings. The maximum Gasteiger partial charge on any atom is 0.288 e. The van der Waals surface area contributed by atoms with E-state index >= 15 is 0 Å². The Hall–Kier alpha value is -3.24. The second kappa shape index (κ2) is 8.74. The Morgan fingerprint density at radius 2 is 2.04 bits per heavy atom. The van der Waals surface area contributed by atoms with Gasteiger partial charge in [0.25, 0.3) is 11.6 Å². The molecule has 134 valence electrons. The SMILES string of the molecule is O=C(/C=C/c1ccco1)NC(=S)NNC(=O)c1ccc(Cl)c([N+](=O)[O-])c1. The van der Waals surface area contributed by atoms with Crippen molar-refractivity contribution in [2.45, 2.75) is 0 Å². The van der Waals surface area contributed by atoms with Gasteiger partial charge in [-0.2, -0.15) is 0 Å². The van der Waals surface area contributed by atoms with Crippen molar-refractivity contribution in [3.8, 4) is 0 Å². The molecule has 1 heterocycles. The van der Waals surface area contributed by atoms with E-state index in [1.54, 1.807) is 12.1 Å². The summed E-state index contributed by atoms with van der Waals surface area (Å²) >= 11 is 10.5. The molecular weight excluding hydrogens is 384 g/mol. The predicted octanol–water partition coefficient (Wildman–Crippen LogP) is 2.19. The van der Waals surface area contributed by atoms with Gasteiger partial charge in [0.1, 0.15) is 10.8 Å². The molecule has 1 aromatic heterocycles. The Morgan fingerprint density at radius 1 is 1.27 bits per heavy atom. The summed E-state index contributed by atoms with van der Waals surface area (Å²) in [5.74, 6) is -0.764. The number of carbonyl (C=O) groups excluding carboxylic acids is 2. The third kappa shape index (κ3) is 5.40. The number of nitro groups is 1. The molecule has 0 saturated heterocycles. The van der Waals surface area contributed by atoms with E-state index in [0.29, 0.717) is 5.76 Å². The van der Waals surface area contributed by atoms with Gasteiger partial charge >= 0.3 is 0 Å². The molecule has 9 nitrogen and oxygen atoms in total. The van der Waals surface area contributed by atoms with Crippen molar-refractivity contribution in [1.82, 2.24) is 16.2 Å². The molecule has 2 rings (SSSR count). The number of benzene rings is 1. The monoisotopic (exact) mass is 394 g/mol. The third-order valence-corrected chi connectivity index (χ3v) is 3.40. The Labute approximate surface area is 157 Å². The van der Waals surface area contributed by atoms with Crippen LogP contribution in [0.3, 0.4) is 0 Å². The summed E-state index contributed by atoms with van der Waals surface area (Å²) in [6.45, 7) is 0. The van der Waals surface area contributed by atoms with Gasteiger partial charge in [-0.25, -0.2) is 0 Å². The van der Waals surface area contributed by atoms with Crippen LogP contribution in [0.1, 0.15) is 16.1 Å². The van der Waals surface area contributed by atoms with Crippen molar-refractivity contribution < 1.29 is 18.9 Å². The average molecular weight is 395 g/mol. The summed E-state index contributed by atoms with van der Waals surface area (Å²) in [6.07, 6.45) is 4.08. The number of nitro benzene ring substituents is 1. The van der Waals surface area contributed by atoms with Gasteiger partial charge in [0, 0.05) is 17.7 Å². The first kappa shape index (κ1) is 19.1. The molecule has 0 aliphatic carbocycles. The van der Waals surface area contributed by atoms with Crippen LogP contribution in [0.4, 0.5) is 5.69 Å². The standard InChI is InChI=1S/C15H11ClN4O5S/c16-11-5-3-9(8-12(11)20(23)24)14(22)18-19-15(26)17-13(21)6-4-10-2-1-7-25-10/h1-8H,(H,18,22)(H2,17,19,21,26)/b6-4+. The number of hydrazine groups is 1. The van der Waals surface area contributed by atoms with Gasteiger partial charge in [0.15, 0.2) is 5.11 Å². The number of hydrogen-bond acceptors (Lipinski definition) is 6. The van der Waals surface area contributed by atoms with E-state index in [1.807, 2.05) is 0 Å². The van der Waals surface area contributed by atoms with E-state index in [4.69, 9.17) is 28.2 Å². The quantitative estimate of drug-likeness (QED) is 0.314. The summed E-state index contributed by atoms with van der Waals surface area (Å²) in [5, 5.41) is 12.9. The normalized spacial score (nSPS) is 10.3. The first-order valence-corrected chi connectivity index (χ1v) is 7.72. The van der Waals surface area contributed by atoms with Crippen molar-refractivity contribution in [2.24, 2.45) is 0 Å². The largest absolute Gasteiger partial charge is 0.465 e. The van der Waals surface area contributed by atoms with Crippen LogP contribution in [-0.4, -0.2) is 21.9 Å². The van der Waals surface area contributed by atoms with Crippen LogP contribution in [-0.2, 0) is 4.79 Å². The van der Waals surface area contributed by atoms with Crippen LogP contribution in [0.5, 0.6) is 0 Å². The highest BCUT2D eigenvalue weighted by Gasteiger charge is 2.16. The summed E-state index contributed by atoms with van der Waals surface area (Å²) < 4.78 is 5.02. The Kier molecular flexibility index (Phi) is 6.42. The van der Waals surface area contributed by atoms with Gasteiger partial charge in [-0.15, -0.1) is 0 Å². The van der Waals surface area contributed by atoms with Gasteiger partial charge in [-0.05, 0) is 42.6 Å². The minimum atomic E-state index is -0.706. The predicted molar refractivity (Wildman–Crippen MR) is 97.2 cm³/mol. The number of amides is 2. The lowest BCUT2D eigenvalue weighted by Gasteiger charge is -2.09. The smallest absolute Gasteiger partial charge is 0.288 e. The van der Waals surface area contributed by atoms with Crippen LogP contribution in [0, 0.1) is 10.1 Å². The van der Waals surface area contributed by atoms with Gasteiger partial charge in [-0.3, -0.25) is 35.9 Å². The molecular formula is C15H11ClN4O5S. The van der Waals surface area contributed by atoms with Crippen molar-refractivity contribution in [3.63, 3.8) is 0 Å². The lowest BCUT2D eigenvalue weighted by atomic mass is 10.2. The van der Waals surface area contributed by atoms with E-state index < -0.39 is 22.4 Å². The fourth-order valence-electron chi connectivity index (χ4n) is 1.71. The summed E-state index contributed by atoms with van der Waals surface area (Å²) in [6, 6.07) is 6.88. The molecule has 0 aliphatic heterocycles. The number of hydrogen-bond donors (Lipinski definition) is 3. The minimum Gasteiger partial charge on any atom is -0.465 e. The minimum absolute atomic E-state index is 0.0135. The molecule has 0 unspecified atom stereocenters. The van der Waals surface area contributed by atoms with Crippen molar-refractivity contribution in [1.29, 1.82) is 0 Å². The molecule has 1 aromatic carbocycles. The third-order valence-electron chi connectivity index (χ3n) is 2.87. The lowest BCUT2D eigenvalue weighted by Crippen LogP contribution is -2.48. The van der Waals surface area contributed by atoms with Crippen LogP contribution in [0.15, 0.2) is 47.1 Å². The van der Waals surface area contributed by atoms with Crippen LogP contribution in [0.2, 0.25) is 5.02 Å². The topological polar surface area (TPSA) is 127 Å². The first-order valence-electron chi connectivity index (χ1n) is 6.93. The van der Waals surface area contributed by atoms with E-state index in [9.17, 15) is 19.7 Å². The highest BCUT2D eigenvalue weighted by atomic mass is 35.5. The van der Waals surface area contributed by atoms with Crippen LogP contribution < -0.4 is 16.2 Å². The number of rotatable bonds is 4. The fourth-order valence-corrected chi connectivity index (χ4v) is 2.05. The van der Waals surface area contributed by atoms with Crippen molar-refractivity contribution in [2.75, 3.05) is 0 Å². The summed E-state index contributed by atoms with van der Waals surface area (Å²) in [7, 11) is 0. The zero-order valence-corrected chi connectivity index (χ0v) is 14.5. The molecule has 11 heteroatoms. The number of nitrogens with zero attached hydrogens (tertiary/aromatic N) is 1. The Morgan fingerprint density at radius 3 is 2.69 bits per heavy atom. The number of furan rings is 1. The highest BCUT2D eigenvalue weighted by molar-refractivity contribution is 7.80. The molecule has 0 atom stereocenters. The van der Waals surface area contributed by atoms with E-state index in [2.05, 4.69) is 16.2 Å². The second-order valence-electron chi connectivity index (χ2n) is 4.67. The zero-order valence-electron chi connectivity index (χ0n) is 12.9. The van der Waals surface area contributed by atoms with Crippen molar-refractivity contribution in [3.05, 3.63) is 69.1 Å². The van der Waals surface area contributed by atoms with Gasteiger partial charge < -0.3 is 4.42 Å². The number of thiocarbonyl (C=S) groups is 1. The van der Waals surface area contributed by atoms with E-state index in [-0.39, 0.29) is 15.7 Å². The molecule has 0 spiro atoms. The molecule has 3 N–H and O–H groups in total. The molecule has 2 aromatic rings. The first-order chi connectivity index (χ1) is 12.4. The van der Waals surface area contributed by atoms with Crippen LogP contribution in [0.25, 0.3) is 6.08 Å². The van der Waals surface area contributed by atoms with Gasteiger partial charge in [-0.1, -0.05) is 11.6 Å². The highest BCUT2D eigenvalue weighted by Crippen LogP contribution is 2.24. The maximum atomic E-state index is 12.0. The zero-order chi connectivity index (χ0) is 19.1. The second-order valence-corrected chi connectivity index (χ2v) is 5.49. The van der Waals surface area contributed by atoms with Crippen LogP contribution >= 0.6 is 23.8 Å². The molecule has 0 radical (unpaired) electrons. The maximum absolute atomic E-state index is 12.0. The van der Waals surface area contributed by atoms with Gasteiger partial charge in [0.05, 0.1) is 11.2 Å².